The number of benzene rings is 2. The number of hydrogen-bond acceptors (Lipinski definition) is 5. The Kier molecular flexibility index (Phi) is 4.77. The van der Waals surface area contributed by atoms with E-state index in [1.54, 1.807) is 30.0 Å². The van der Waals surface area contributed by atoms with Crippen LogP contribution in [0.5, 0.6) is 11.5 Å². The molecule has 6 nitrogen and oxygen atoms in total. The minimum atomic E-state index is -0.283. The van der Waals surface area contributed by atoms with Crippen molar-refractivity contribution in [2.24, 2.45) is 0 Å². The van der Waals surface area contributed by atoms with Gasteiger partial charge in [-0.3, -0.25) is 4.79 Å². The first kappa shape index (κ1) is 17.5. The highest BCUT2D eigenvalue weighted by Crippen LogP contribution is 2.31. The van der Waals surface area contributed by atoms with Crippen LogP contribution >= 0.6 is 11.8 Å². The summed E-state index contributed by atoms with van der Waals surface area (Å²) in [4.78, 5) is 17.4. The highest BCUT2D eigenvalue weighted by atomic mass is 32.2. The van der Waals surface area contributed by atoms with Gasteiger partial charge < -0.3 is 19.4 Å². The minimum absolute atomic E-state index is 0.283. The molecule has 7 heteroatoms. The quantitative estimate of drug-likeness (QED) is 0.726. The predicted octanol–water partition coefficient (Wildman–Crippen LogP) is 3.93. The number of aryl methyl sites for hydroxylation is 1. The van der Waals surface area contributed by atoms with E-state index < -0.39 is 0 Å². The molecule has 2 heterocycles. The Morgan fingerprint density at radius 1 is 1.11 bits per heavy atom. The molecule has 138 valence electrons. The fourth-order valence-corrected chi connectivity index (χ4v) is 3.98. The summed E-state index contributed by atoms with van der Waals surface area (Å²) in [5.74, 6) is 1.73. The van der Waals surface area contributed by atoms with Gasteiger partial charge in [0.05, 0.1) is 19.9 Å². The third kappa shape index (κ3) is 3.38. The third-order valence-corrected chi connectivity index (χ3v) is 5.37. The largest absolute Gasteiger partial charge is 0.496 e. The molecule has 0 radical (unpaired) electrons. The zero-order valence-electron chi connectivity index (χ0n) is 15.1. The van der Waals surface area contributed by atoms with Crippen LogP contribution in [0.3, 0.4) is 0 Å². The molecule has 1 N–H and O–H groups in total. The number of anilines is 1. The Morgan fingerprint density at radius 2 is 1.81 bits per heavy atom. The molecule has 0 unspecified atom stereocenters. The Hall–Kier alpha value is -2.93. The molecule has 1 aliphatic heterocycles. The van der Waals surface area contributed by atoms with Crippen molar-refractivity contribution in [1.29, 1.82) is 0 Å². The van der Waals surface area contributed by atoms with Gasteiger partial charge in [0, 0.05) is 29.7 Å². The maximum absolute atomic E-state index is 12.7. The number of carbonyl (C=O) groups excluding carboxylic acids is 1. The second-order valence-electron chi connectivity index (χ2n) is 6.02. The number of carbonyl (C=O) groups is 1. The van der Waals surface area contributed by atoms with Crippen molar-refractivity contribution in [3.05, 3.63) is 54.2 Å². The number of hydrogen-bond donors (Lipinski definition) is 1. The van der Waals surface area contributed by atoms with Crippen molar-refractivity contribution < 1.29 is 14.3 Å². The molecule has 0 fully saturated rings. The fraction of sp³-hybridized carbons (Fsp3) is 0.200. The van der Waals surface area contributed by atoms with Gasteiger partial charge >= 0.3 is 0 Å². The molecular formula is C20H19N3O3S. The number of thioether (sulfide) groups is 1. The first-order valence-electron chi connectivity index (χ1n) is 8.52. The van der Waals surface area contributed by atoms with E-state index in [0.29, 0.717) is 22.7 Å². The normalized spacial score (nSPS) is 12.5. The van der Waals surface area contributed by atoms with Crippen LogP contribution in [0.25, 0.3) is 11.3 Å². The van der Waals surface area contributed by atoms with Crippen LogP contribution in [-0.2, 0) is 6.54 Å². The third-order valence-electron chi connectivity index (χ3n) is 4.40. The molecule has 1 aromatic heterocycles. The Bertz CT molecular complexity index is 939. The van der Waals surface area contributed by atoms with E-state index in [9.17, 15) is 4.79 Å². The smallest absolute Gasteiger partial charge is 0.263 e. The first-order valence-corrected chi connectivity index (χ1v) is 9.51. The molecule has 0 saturated carbocycles. The number of amides is 1. The average Bonchev–Trinajstić information content (AvgIpc) is 3.30. The summed E-state index contributed by atoms with van der Waals surface area (Å²) < 4.78 is 12.8. The van der Waals surface area contributed by atoms with Gasteiger partial charge in [-0.25, -0.2) is 4.98 Å². The van der Waals surface area contributed by atoms with Gasteiger partial charge in [-0.2, -0.15) is 0 Å². The molecule has 0 bridgehead atoms. The SMILES string of the molecule is COc1cccc(OC)c1C(=O)Nc1ccc(-c2cn3c(n2)SCC3)cc1. The molecule has 3 aromatic rings. The fourth-order valence-electron chi connectivity index (χ4n) is 3.04. The standard InChI is InChI=1S/C20H19N3O3S/c1-25-16-4-3-5-17(26-2)18(16)19(24)21-14-8-6-13(7-9-14)15-12-23-10-11-27-20(23)22-15/h3-9,12H,10-11H2,1-2H3,(H,21,24). The monoisotopic (exact) mass is 381 g/mol. The van der Waals surface area contributed by atoms with Crippen LogP contribution in [-0.4, -0.2) is 35.4 Å². The second kappa shape index (κ2) is 7.36. The van der Waals surface area contributed by atoms with Crippen LogP contribution < -0.4 is 14.8 Å². The summed E-state index contributed by atoms with van der Waals surface area (Å²) in [5.41, 5.74) is 3.03. The number of ether oxygens (including phenoxy) is 2. The first-order chi connectivity index (χ1) is 13.2. The Labute approximate surface area is 161 Å². The summed E-state index contributed by atoms with van der Waals surface area (Å²) in [6, 6.07) is 12.9. The molecule has 0 saturated heterocycles. The van der Waals surface area contributed by atoms with Crippen LogP contribution in [0.15, 0.2) is 53.8 Å². The van der Waals surface area contributed by atoms with Gasteiger partial charge in [-0.05, 0) is 24.3 Å². The summed E-state index contributed by atoms with van der Waals surface area (Å²) in [6.45, 7) is 1.00. The highest BCUT2D eigenvalue weighted by Gasteiger charge is 2.19. The molecule has 4 rings (SSSR count). The van der Waals surface area contributed by atoms with E-state index in [4.69, 9.17) is 9.47 Å². The lowest BCUT2D eigenvalue weighted by molar-refractivity contribution is 0.102. The maximum atomic E-state index is 12.7. The zero-order chi connectivity index (χ0) is 18.8. The average molecular weight is 381 g/mol. The number of imidazole rings is 1. The number of methoxy groups -OCH3 is 2. The van der Waals surface area contributed by atoms with E-state index in [-0.39, 0.29) is 5.91 Å². The van der Waals surface area contributed by atoms with E-state index in [1.165, 1.54) is 14.2 Å². The number of fused-ring (bicyclic) bond motifs is 1. The van der Waals surface area contributed by atoms with E-state index in [2.05, 4.69) is 21.1 Å². The van der Waals surface area contributed by atoms with E-state index >= 15 is 0 Å². The van der Waals surface area contributed by atoms with Crippen LogP contribution in [0.1, 0.15) is 10.4 Å². The summed E-state index contributed by atoms with van der Waals surface area (Å²) >= 11 is 1.77. The summed E-state index contributed by atoms with van der Waals surface area (Å²) in [5, 5.41) is 3.96. The molecule has 2 aromatic carbocycles. The predicted molar refractivity (Wildman–Crippen MR) is 106 cm³/mol. The van der Waals surface area contributed by atoms with E-state index in [1.807, 2.05) is 24.3 Å². The van der Waals surface area contributed by atoms with Crippen molar-refractivity contribution in [2.45, 2.75) is 11.7 Å². The van der Waals surface area contributed by atoms with Crippen molar-refractivity contribution in [2.75, 3.05) is 25.3 Å². The molecular weight excluding hydrogens is 362 g/mol. The van der Waals surface area contributed by atoms with Crippen molar-refractivity contribution in [3.63, 3.8) is 0 Å². The van der Waals surface area contributed by atoms with Gasteiger partial charge in [0.25, 0.3) is 5.91 Å². The summed E-state index contributed by atoms with van der Waals surface area (Å²) in [7, 11) is 3.06. The second-order valence-corrected chi connectivity index (χ2v) is 7.08. The van der Waals surface area contributed by atoms with Crippen molar-refractivity contribution in [1.82, 2.24) is 9.55 Å². The zero-order valence-corrected chi connectivity index (χ0v) is 15.9. The Morgan fingerprint density at radius 3 is 2.44 bits per heavy atom. The van der Waals surface area contributed by atoms with Crippen molar-refractivity contribution >= 4 is 23.4 Å². The molecule has 0 spiro atoms. The minimum Gasteiger partial charge on any atom is -0.496 e. The van der Waals surface area contributed by atoms with Crippen LogP contribution in [0.2, 0.25) is 0 Å². The van der Waals surface area contributed by atoms with Gasteiger partial charge in [0.2, 0.25) is 0 Å². The number of rotatable bonds is 5. The topological polar surface area (TPSA) is 65.4 Å². The van der Waals surface area contributed by atoms with Crippen LogP contribution in [0.4, 0.5) is 5.69 Å². The van der Waals surface area contributed by atoms with Gasteiger partial charge in [-0.15, -0.1) is 0 Å². The van der Waals surface area contributed by atoms with Crippen molar-refractivity contribution in [3.8, 4) is 22.8 Å². The summed E-state index contributed by atoms with van der Waals surface area (Å²) in [6.07, 6.45) is 2.07. The molecule has 1 aliphatic rings. The lowest BCUT2D eigenvalue weighted by Crippen LogP contribution is -2.14. The van der Waals surface area contributed by atoms with Gasteiger partial charge in [0.1, 0.15) is 17.1 Å². The molecule has 0 aliphatic carbocycles. The van der Waals surface area contributed by atoms with E-state index in [0.717, 1.165) is 28.7 Å². The molecule has 27 heavy (non-hydrogen) atoms. The number of nitrogens with zero attached hydrogens (tertiary/aromatic N) is 2. The lowest BCUT2D eigenvalue weighted by Gasteiger charge is -2.13. The maximum Gasteiger partial charge on any atom is 0.263 e. The Balaban J connectivity index is 1.54. The molecule has 0 atom stereocenters. The lowest BCUT2D eigenvalue weighted by atomic mass is 10.1. The van der Waals surface area contributed by atoms with Gasteiger partial charge in [0.15, 0.2) is 5.16 Å². The highest BCUT2D eigenvalue weighted by molar-refractivity contribution is 7.99. The number of nitrogens with one attached hydrogen (secondary N) is 1. The van der Waals surface area contributed by atoms with Gasteiger partial charge in [-0.1, -0.05) is 30.0 Å². The number of aromatic nitrogens is 2. The van der Waals surface area contributed by atoms with Crippen LogP contribution in [0, 0.1) is 0 Å². The molecule has 1 amide bonds.